The number of nitrogens with two attached hydrogens (primary N) is 1. The van der Waals surface area contributed by atoms with Crippen molar-refractivity contribution in [3.63, 3.8) is 0 Å². The van der Waals surface area contributed by atoms with Crippen LogP contribution in [-0.2, 0) is 0 Å². The predicted octanol–water partition coefficient (Wildman–Crippen LogP) is 2.49. The third-order valence-corrected chi connectivity index (χ3v) is 4.62. The van der Waals surface area contributed by atoms with Crippen LogP contribution in [0.3, 0.4) is 0 Å². The Hall–Kier alpha value is -0.620. The fourth-order valence-corrected chi connectivity index (χ4v) is 3.07. The lowest BCUT2D eigenvalue weighted by atomic mass is 9.93. The van der Waals surface area contributed by atoms with Crippen molar-refractivity contribution in [1.82, 2.24) is 4.90 Å². The number of piperidine rings is 1. The Morgan fingerprint density at radius 2 is 2.17 bits per heavy atom. The summed E-state index contributed by atoms with van der Waals surface area (Å²) < 4.78 is 1.02. The summed E-state index contributed by atoms with van der Waals surface area (Å²) in [5.41, 5.74) is 6.55. The number of amides is 1. The first-order chi connectivity index (χ1) is 8.63. The van der Waals surface area contributed by atoms with Crippen LogP contribution in [0.2, 0.25) is 0 Å². The number of hydrogen-bond donors (Lipinski definition) is 1. The highest BCUT2D eigenvalue weighted by molar-refractivity contribution is 14.1. The number of rotatable bonds is 2. The highest BCUT2D eigenvalue weighted by Gasteiger charge is 2.29. The first-order valence-corrected chi connectivity index (χ1v) is 7.47. The van der Waals surface area contributed by atoms with E-state index in [0.29, 0.717) is 18.5 Å². The summed E-state index contributed by atoms with van der Waals surface area (Å²) in [6.07, 6.45) is 2.18. The standard InChI is InChI=1S/C14H19IN2O/c1-10-6-7-11(8-16)9-17(10)14(18)12-4-2-3-5-13(12)15/h2-5,10-11H,6-9,16H2,1H3. The molecule has 0 saturated carbocycles. The quantitative estimate of drug-likeness (QED) is 0.826. The predicted molar refractivity (Wildman–Crippen MR) is 81.4 cm³/mol. The Morgan fingerprint density at radius 1 is 1.44 bits per heavy atom. The summed E-state index contributed by atoms with van der Waals surface area (Å²) in [4.78, 5) is 14.6. The molecule has 1 amide bonds. The maximum absolute atomic E-state index is 12.6. The minimum Gasteiger partial charge on any atom is -0.336 e. The fourth-order valence-electron chi connectivity index (χ4n) is 2.45. The largest absolute Gasteiger partial charge is 0.336 e. The summed E-state index contributed by atoms with van der Waals surface area (Å²) in [5.74, 6) is 0.595. The van der Waals surface area contributed by atoms with Gasteiger partial charge < -0.3 is 10.6 Å². The van der Waals surface area contributed by atoms with Gasteiger partial charge in [-0.25, -0.2) is 0 Å². The zero-order valence-electron chi connectivity index (χ0n) is 10.6. The van der Waals surface area contributed by atoms with Crippen LogP contribution in [0.25, 0.3) is 0 Å². The van der Waals surface area contributed by atoms with Gasteiger partial charge in [0, 0.05) is 16.2 Å². The highest BCUT2D eigenvalue weighted by Crippen LogP contribution is 2.24. The molecule has 1 heterocycles. The zero-order chi connectivity index (χ0) is 13.1. The van der Waals surface area contributed by atoms with Crippen molar-refractivity contribution in [2.24, 2.45) is 11.7 Å². The van der Waals surface area contributed by atoms with Gasteiger partial charge in [0.15, 0.2) is 0 Å². The van der Waals surface area contributed by atoms with E-state index in [9.17, 15) is 4.79 Å². The van der Waals surface area contributed by atoms with Crippen molar-refractivity contribution in [1.29, 1.82) is 0 Å². The van der Waals surface area contributed by atoms with E-state index >= 15 is 0 Å². The molecule has 98 valence electrons. The Balaban J connectivity index is 2.19. The molecule has 0 aromatic heterocycles. The second-order valence-electron chi connectivity index (χ2n) is 4.97. The molecule has 18 heavy (non-hydrogen) atoms. The van der Waals surface area contributed by atoms with Crippen LogP contribution in [0, 0.1) is 9.49 Å². The van der Waals surface area contributed by atoms with Gasteiger partial charge in [0.2, 0.25) is 0 Å². The average Bonchev–Trinajstić information content (AvgIpc) is 2.39. The van der Waals surface area contributed by atoms with Crippen molar-refractivity contribution in [3.8, 4) is 0 Å². The van der Waals surface area contributed by atoms with Crippen LogP contribution < -0.4 is 5.73 Å². The molecule has 0 spiro atoms. The molecule has 2 atom stereocenters. The van der Waals surface area contributed by atoms with Crippen LogP contribution in [-0.4, -0.2) is 29.9 Å². The number of carbonyl (C=O) groups is 1. The van der Waals surface area contributed by atoms with Crippen LogP contribution >= 0.6 is 22.6 Å². The average molecular weight is 358 g/mol. The van der Waals surface area contributed by atoms with Crippen molar-refractivity contribution >= 4 is 28.5 Å². The van der Waals surface area contributed by atoms with Gasteiger partial charge in [0.05, 0.1) is 5.56 Å². The number of nitrogens with zero attached hydrogens (tertiary/aromatic N) is 1. The van der Waals surface area contributed by atoms with Gasteiger partial charge in [-0.05, 0) is 67.0 Å². The highest BCUT2D eigenvalue weighted by atomic mass is 127. The third kappa shape index (κ3) is 2.85. The number of halogens is 1. The normalized spacial score (nSPS) is 24.1. The number of hydrogen-bond acceptors (Lipinski definition) is 2. The molecule has 1 aliphatic rings. The molecule has 2 rings (SSSR count). The first kappa shape index (κ1) is 13.8. The lowest BCUT2D eigenvalue weighted by Crippen LogP contribution is -2.47. The first-order valence-electron chi connectivity index (χ1n) is 6.39. The lowest BCUT2D eigenvalue weighted by Gasteiger charge is -2.37. The maximum atomic E-state index is 12.6. The molecule has 4 heteroatoms. The molecular weight excluding hydrogens is 339 g/mol. The maximum Gasteiger partial charge on any atom is 0.255 e. The Kier molecular flexibility index (Phi) is 4.61. The summed E-state index contributed by atoms with van der Waals surface area (Å²) in [7, 11) is 0. The van der Waals surface area contributed by atoms with Gasteiger partial charge in [-0.15, -0.1) is 0 Å². The van der Waals surface area contributed by atoms with Gasteiger partial charge >= 0.3 is 0 Å². The van der Waals surface area contributed by atoms with E-state index in [1.807, 2.05) is 29.2 Å². The topological polar surface area (TPSA) is 46.3 Å². The molecule has 0 aliphatic carbocycles. The smallest absolute Gasteiger partial charge is 0.255 e. The SMILES string of the molecule is CC1CCC(CN)CN1C(=O)c1ccccc1I. The van der Waals surface area contributed by atoms with Gasteiger partial charge in [0.25, 0.3) is 5.91 Å². The van der Waals surface area contributed by atoms with Gasteiger partial charge in [-0.2, -0.15) is 0 Å². The molecule has 1 fully saturated rings. The van der Waals surface area contributed by atoms with E-state index in [0.717, 1.165) is 28.5 Å². The summed E-state index contributed by atoms with van der Waals surface area (Å²) in [6.45, 7) is 3.59. The summed E-state index contributed by atoms with van der Waals surface area (Å²) >= 11 is 2.22. The molecule has 0 radical (unpaired) electrons. The summed E-state index contributed by atoms with van der Waals surface area (Å²) in [5, 5.41) is 0. The van der Waals surface area contributed by atoms with Crippen LogP contribution in [0.15, 0.2) is 24.3 Å². The van der Waals surface area contributed by atoms with E-state index in [2.05, 4.69) is 29.5 Å². The van der Waals surface area contributed by atoms with Crippen LogP contribution in [0.4, 0.5) is 0 Å². The number of benzene rings is 1. The van der Waals surface area contributed by atoms with E-state index < -0.39 is 0 Å². The minimum atomic E-state index is 0.144. The van der Waals surface area contributed by atoms with Crippen molar-refractivity contribution < 1.29 is 4.79 Å². The zero-order valence-corrected chi connectivity index (χ0v) is 12.8. The Morgan fingerprint density at radius 3 is 2.83 bits per heavy atom. The molecule has 1 aliphatic heterocycles. The monoisotopic (exact) mass is 358 g/mol. The lowest BCUT2D eigenvalue weighted by molar-refractivity contribution is 0.0566. The van der Waals surface area contributed by atoms with E-state index in [4.69, 9.17) is 5.73 Å². The third-order valence-electron chi connectivity index (χ3n) is 3.68. The Bertz CT molecular complexity index is 436. The van der Waals surface area contributed by atoms with Gasteiger partial charge in [-0.1, -0.05) is 12.1 Å². The second-order valence-corrected chi connectivity index (χ2v) is 6.13. The van der Waals surface area contributed by atoms with Crippen molar-refractivity contribution in [2.75, 3.05) is 13.1 Å². The minimum absolute atomic E-state index is 0.144. The molecule has 1 saturated heterocycles. The molecule has 0 bridgehead atoms. The van der Waals surface area contributed by atoms with Crippen LogP contribution in [0.1, 0.15) is 30.1 Å². The van der Waals surface area contributed by atoms with Crippen LogP contribution in [0.5, 0.6) is 0 Å². The van der Waals surface area contributed by atoms with E-state index in [1.165, 1.54) is 0 Å². The van der Waals surface area contributed by atoms with Gasteiger partial charge in [0.1, 0.15) is 0 Å². The molecule has 2 N–H and O–H groups in total. The van der Waals surface area contributed by atoms with E-state index in [1.54, 1.807) is 0 Å². The second kappa shape index (κ2) is 6.02. The molecular formula is C14H19IN2O. The molecule has 1 aromatic rings. The number of likely N-dealkylation sites (tertiary alicyclic amines) is 1. The fraction of sp³-hybridized carbons (Fsp3) is 0.500. The van der Waals surface area contributed by atoms with Crippen molar-refractivity contribution in [2.45, 2.75) is 25.8 Å². The summed E-state index contributed by atoms with van der Waals surface area (Å²) in [6, 6.07) is 8.08. The molecule has 1 aromatic carbocycles. The molecule has 2 unspecified atom stereocenters. The van der Waals surface area contributed by atoms with E-state index in [-0.39, 0.29) is 5.91 Å². The van der Waals surface area contributed by atoms with Gasteiger partial charge in [-0.3, -0.25) is 4.79 Å². The molecule has 3 nitrogen and oxygen atoms in total. The number of carbonyl (C=O) groups excluding carboxylic acids is 1. The van der Waals surface area contributed by atoms with Crippen molar-refractivity contribution in [3.05, 3.63) is 33.4 Å². The Labute approximate surface area is 122 Å².